The summed E-state index contributed by atoms with van der Waals surface area (Å²) < 4.78 is 0. The molecule has 0 radical (unpaired) electrons. The van der Waals surface area contributed by atoms with Crippen LogP contribution >= 0.6 is 0 Å². The Kier molecular flexibility index (Phi) is 4.11. The van der Waals surface area contributed by atoms with Crippen molar-refractivity contribution in [3.05, 3.63) is 34.9 Å². The molecule has 0 aliphatic carbocycles. The van der Waals surface area contributed by atoms with Crippen LogP contribution in [0.1, 0.15) is 42.5 Å². The van der Waals surface area contributed by atoms with Gasteiger partial charge in [0.25, 0.3) is 0 Å². The summed E-state index contributed by atoms with van der Waals surface area (Å²) in [7, 11) is 0. The average Bonchev–Trinajstić information content (AvgIpc) is 2.19. The molecule has 1 aromatic carbocycles. The molecule has 0 amide bonds. The lowest BCUT2D eigenvalue weighted by atomic mass is 9.95. The minimum absolute atomic E-state index is 0.292. The highest BCUT2D eigenvalue weighted by molar-refractivity contribution is 5.35. The van der Waals surface area contributed by atoms with Crippen molar-refractivity contribution >= 4 is 0 Å². The van der Waals surface area contributed by atoms with Crippen molar-refractivity contribution in [1.82, 2.24) is 5.43 Å². The van der Waals surface area contributed by atoms with Crippen LogP contribution in [0.25, 0.3) is 0 Å². The van der Waals surface area contributed by atoms with Crippen LogP contribution in [0.15, 0.2) is 18.2 Å². The predicted molar refractivity (Wildman–Crippen MR) is 60.9 cm³/mol. The number of hydrogen-bond donors (Lipinski definition) is 2. The summed E-state index contributed by atoms with van der Waals surface area (Å²) in [5.41, 5.74) is 6.90. The molecule has 0 aliphatic heterocycles. The van der Waals surface area contributed by atoms with E-state index in [1.54, 1.807) is 0 Å². The van der Waals surface area contributed by atoms with Gasteiger partial charge in [-0.3, -0.25) is 11.3 Å². The maximum Gasteiger partial charge on any atom is 0.0462 e. The van der Waals surface area contributed by atoms with Gasteiger partial charge < -0.3 is 0 Å². The van der Waals surface area contributed by atoms with Crippen LogP contribution in [0.4, 0.5) is 0 Å². The van der Waals surface area contributed by atoms with Gasteiger partial charge in [0, 0.05) is 6.04 Å². The zero-order valence-electron chi connectivity index (χ0n) is 9.30. The second-order valence-corrected chi connectivity index (χ2v) is 3.80. The fraction of sp³-hybridized carbons (Fsp3) is 0.500. The molecule has 0 aromatic heterocycles. The van der Waals surface area contributed by atoms with E-state index in [0.717, 1.165) is 12.8 Å². The average molecular weight is 192 g/mol. The molecular weight excluding hydrogens is 172 g/mol. The Balaban J connectivity index is 2.97. The molecule has 1 aromatic rings. The van der Waals surface area contributed by atoms with E-state index < -0.39 is 0 Å². The molecule has 78 valence electrons. The Labute approximate surface area is 86.5 Å². The summed E-state index contributed by atoms with van der Waals surface area (Å²) in [6, 6.07) is 6.68. The van der Waals surface area contributed by atoms with E-state index in [2.05, 4.69) is 44.4 Å². The summed E-state index contributed by atoms with van der Waals surface area (Å²) in [5, 5.41) is 0. The van der Waals surface area contributed by atoms with Gasteiger partial charge in [-0.2, -0.15) is 0 Å². The molecule has 0 saturated heterocycles. The van der Waals surface area contributed by atoms with E-state index in [4.69, 9.17) is 5.84 Å². The van der Waals surface area contributed by atoms with E-state index in [1.807, 2.05) is 0 Å². The topological polar surface area (TPSA) is 38.0 Å². The molecular formula is C12H20N2. The van der Waals surface area contributed by atoms with Crippen LogP contribution in [-0.4, -0.2) is 0 Å². The number of aryl methyl sites for hydroxylation is 1. The largest absolute Gasteiger partial charge is 0.271 e. The van der Waals surface area contributed by atoms with E-state index in [0.29, 0.717) is 6.04 Å². The van der Waals surface area contributed by atoms with Crippen molar-refractivity contribution in [2.45, 2.75) is 39.7 Å². The number of nitrogens with two attached hydrogens (primary N) is 1. The van der Waals surface area contributed by atoms with E-state index in [9.17, 15) is 0 Å². The van der Waals surface area contributed by atoms with Gasteiger partial charge in [0.15, 0.2) is 0 Å². The van der Waals surface area contributed by atoms with Crippen LogP contribution < -0.4 is 11.3 Å². The van der Waals surface area contributed by atoms with Crippen LogP contribution in [0, 0.1) is 13.8 Å². The molecule has 0 spiro atoms. The molecule has 0 bridgehead atoms. The third-order valence-electron chi connectivity index (χ3n) is 2.80. The van der Waals surface area contributed by atoms with Gasteiger partial charge in [-0.05, 0) is 37.0 Å². The lowest BCUT2D eigenvalue weighted by Gasteiger charge is -2.18. The van der Waals surface area contributed by atoms with E-state index >= 15 is 0 Å². The molecule has 0 aliphatic rings. The molecule has 1 rings (SSSR count). The highest BCUT2D eigenvalue weighted by atomic mass is 15.2. The first-order valence-corrected chi connectivity index (χ1v) is 5.23. The maximum absolute atomic E-state index is 5.56. The number of rotatable bonds is 4. The molecule has 0 fully saturated rings. The Morgan fingerprint density at radius 1 is 1.36 bits per heavy atom. The minimum atomic E-state index is 0.292. The Hall–Kier alpha value is -0.860. The van der Waals surface area contributed by atoms with Gasteiger partial charge in [-0.1, -0.05) is 31.5 Å². The summed E-state index contributed by atoms with van der Waals surface area (Å²) in [6.07, 6.45) is 2.23. The highest BCUT2D eigenvalue weighted by Gasteiger charge is 2.11. The molecule has 0 heterocycles. The van der Waals surface area contributed by atoms with Gasteiger partial charge in [-0.15, -0.1) is 0 Å². The molecule has 2 nitrogen and oxygen atoms in total. The van der Waals surface area contributed by atoms with Gasteiger partial charge >= 0.3 is 0 Å². The van der Waals surface area contributed by atoms with Crippen molar-refractivity contribution in [1.29, 1.82) is 0 Å². The molecule has 14 heavy (non-hydrogen) atoms. The highest BCUT2D eigenvalue weighted by Crippen LogP contribution is 2.23. The fourth-order valence-electron chi connectivity index (χ4n) is 1.77. The van der Waals surface area contributed by atoms with Crippen molar-refractivity contribution < 1.29 is 0 Å². The zero-order valence-corrected chi connectivity index (χ0v) is 9.30. The summed E-state index contributed by atoms with van der Waals surface area (Å²) in [5.74, 6) is 5.56. The first kappa shape index (κ1) is 11.2. The zero-order chi connectivity index (χ0) is 10.6. The quantitative estimate of drug-likeness (QED) is 0.568. The standard InChI is InChI=1S/C12H20N2/c1-4-6-12(14-13)11-8-5-7-9(2)10(11)3/h5,7-8,12,14H,4,6,13H2,1-3H3. The minimum Gasteiger partial charge on any atom is -0.271 e. The third-order valence-corrected chi connectivity index (χ3v) is 2.80. The third kappa shape index (κ3) is 2.34. The number of benzene rings is 1. The maximum atomic E-state index is 5.56. The molecule has 3 N–H and O–H groups in total. The number of hydrogen-bond acceptors (Lipinski definition) is 2. The summed E-state index contributed by atoms with van der Waals surface area (Å²) in [4.78, 5) is 0. The van der Waals surface area contributed by atoms with Crippen LogP contribution in [0.2, 0.25) is 0 Å². The SMILES string of the molecule is CCCC(NN)c1cccc(C)c1C. The van der Waals surface area contributed by atoms with Gasteiger partial charge in [0.1, 0.15) is 0 Å². The first-order valence-electron chi connectivity index (χ1n) is 5.23. The monoisotopic (exact) mass is 192 g/mol. The lowest BCUT2D eigenvalue weighted by molar-refractivity contribution is 0.507. The molecule has 1 unspecified atom stereocenters. The second-order valence-electron chi connectivity index (χ2n) is 3.80. The van der Waals surface area contributed by atoms with Crippen molar-refractivity contribution in [3.8, 4) is 0 Å². The normalized spacial score (nSPS) is 12.9. The Morgan fingerprint density at radius 3 is 2.64 bits per heavy atom. The molecule has 2 heteroatoms. The van der Waals surface area contributed by atoms with Gasteiger partial charge in [-0.25, -0.2) is 0 Å². The van der Waals surface area contributed by atoms with E-state index in [-0.39, 0.29) is 0 Å². The summed E-state index contributed by atoms with van der Waals surface area (Å²) in [6.45, 7) is 6.47. The van der Waals surface area contributed by atoms with Gasteiger partial charge in [0.2, 0.25) is 0 Å². The predicted octanol–water partition coefficient (Wildman–Crippen LogP) is 2.61. The number of nitrogens with one attached hydrogen (secondary N) is 1. The molecule has 0 saturated carbocycles. The van der Waals surface area contributed by atoms with Crippen LogP contribution in [0.5, 0.6) is 0 Å². The van der Waals surface area contributed by atoms with Crippen LogP contribution in [-0.2, 0) is 0 Å². The van der Waals surface area contributed by atoms with Crippen LogP contribution in [0.3, 0.4) is 0 Å². The smallest absolute Gasteiger partial charge is 0.0462 e. The fourth-order valence-corrected chi connectivity index (χ4v) is 1.77. The number of hydrazine groups is 1. The summed E-state index contributed by atoms with van der Waals surface area (Å²) >= 11 is 0. The Bertz CT molecular complexity index is 294. The second kappa shape index (κ2) is 5.13. The first-order chi connectivity index (χ1) is 6.70. The van der Waals surface area contributed by atoms with E-state index in [1.165, 1.54) is 16.7 Å². The lowest BCUT2D eigenvalue weighted by Crippen LogP contribution is -2.28. The van der Waals surface area contributed by atoms with Crippen molar-refractivity contribution in [2.24, 2.45) is 5.84 Å². The Morgan fingerprint density at radius 2 is 2.07 bits per heavy atom. The molecule has 1 atom stereocenters. The van der Waals surface area contributed by atoms with Gasteiger partial charge in [0.05, 0.1) is 0 Å². The van der Waals surface area contributed by atoms with Crippen molar-refractivity contribution in [3.63, 3.8) is 0 Å². The van der Waals surface area contributed by atoms with Crippen molar-refractivity contribution in [2.75, 3.05) is 0 Å².